The van der Waals surface area contributed by atoms with E-state index in [2.05, 4.69) is 26.0 Å². The molecule has 0 amide bonds. The van der Waals surface area contributed by atoms with Gasteiger partial charge in [0.1, 0.15) is 0 Å². The van der Waals surface area contributed by atoms with Gasteiger partial charge < -0.3 is 5.11 Å². The molecular formula is C17H17ClO2. The number of rotatable bonds is 4. The molecule has 2 nitrogen and oxygen atoms in total. The maximum Gasteiger partial charge on any atom is 0.336 e. The first-order valence-corrected chi connectivity index (χ1v) is 6.97. The molecule has 0 aliphatic carbocycles. The Bertz CT molecular complexity index is 615. The third kappa shape index (κ3) is 3.40. The molecular weight excluding hydrogens is 272 g/mol. The van der Waals surface area contributed by atoms with Crippen molar-refractivity contribution in [1.29, 1.82) is 0 Å². The molecule has 0 aliphatic rings. The third-order valence-electron chi connectivity index (χ3n) is 3.12. The van der Waals surface area contributed by atoms with Gasteiger partial charge in [0.2, 0.25) is 0 Å². The van der Waals surface area contributed by atoms with E-state index in [1.165, 1.54) is 11.6 Å². The highest BCUT2D eigenvalue weighted by atomic mass is 35.5. The van der Waals surface area contributed by atoms with Gasteiger partial charge in [0.25, 0.3) is 0 Å². The Morgan fingerprint density at radius 2 is 1.80 bits per heavy atom. The molecule has 0 aliphatic heterocycles. The van der Waals surface area contributed by atoms with Crippen LogP contribution in [0.25, 0.3) is 11.1 Å². The van der Waals surface area contributed by atoms with Crippen molar-refractivity contribution >= 4 is 17.6 Å². The van der Waals surface area contributed by atoms with Crippen molar-refractivity contribution in [3.8, 4) is 11.1 Å². The number of hydrogen-bond acceptors (Lipinski definition) is 1. The van der Waals surface area contributed by atoms with Crippen molar-refractivity contribution in [3.05, 3.63) is 58.6 Å². The van der Waals surface area contributed by atoms with Crippen LogP contribution in [0, 0.1) is 5.92 Å². The Kier molecular flexibility index (Phi) is 4.46. The first kappa shape index (κ1) is 14.6. The van der Waals surface area contributed by atoms with Gasteiger partial charge in [-0.15, -0.1) is 0 Å². The topological polar surface area (TPSA) is 37.3 Å². The molecule has 0 unspecified atom stereocenters. The fourth-order valence-corrected chi connectivity index (χ4v) is 2.41. The summed E-state index contributed by atoms with van der Waals surface area (Å²) in [5, 5.41) is 9.70. The molecule has 2 rings (SSSR count). The summed E-state index contributed by atoms with van der Waals surface area (Å²) in [6.45, 7) is 4.35. The van der Waals surface area contributed by atoms with E-state index in [0.717, 1.165) is 12.0 Å². The Hall–Kier alpha value is -1.80. The molecule has 0 saturated heterocycles. The second-order valence-electron chi connectivity index (χ2n) is 5.29. The average molecular weight is 289 g/mol. The van der Waals surface area contributed by atoms with Gasteiger partial charge in [-0.2, -0.15) is 0 Å². The van der Waals surface area contributed by atoms with E-state index in [1.807, 2.05) is 12.1 Å². The van der Waals surface area contributed by atoms with E-state index in [1.54, 1.807) is 12.1 Å². The second kappa shape index (κ2) is 6.10. The van der Waals surface area contributed by atoms with E-state index in [4.69, 9.17) is 11.6 Å². The Morgan fingerprint density at radius 1 is 1.15 bits per heavy atom. The second-order valence-corrected chi connectivity index (χ2v) is 5.73. The summed E-state index contributed by atoms with van der Waals surface area (Å²) in [7, 11) is 0. The summed E-state index contributed by atoms with van der Waals surface area (Å²) in [6.07, 6.45) is 1.02. The number of hydrogen-bond donors (Lipinski definition) is 1. The van der Waals surface area contributed by atoms with Crippen LogP contribution in [0.2, 0.25) is 5.02 Å². The summed E-state index contributed by atoms with van der Waals surface area (Å²) in [5.74, 6) is -0.361. The monoisotopic (exact) mass is 288 g/mol. The molecule has 0 fully saturated rings. The number of carboxylic acids is 1. The number of carboxylic acid groups (broad SMARTS) is 1. The normalized spacial score (nSPS) is 10.8. The minimum Gasteiger partial charge on any atom is -0.478 e. The highest BCUT2D eigenvalue weighted by Crippen LogP contribution is 2.27. The molecule has 0 bridgehead atoms. The lowest BCUT2D eigenvalue weighted by Crippen LogP contribution is -2.00. The fraction of sp³-hybridized carbons (Fsp3) is 0.235. The molecule has 104 valence electrons. The van der Waals surface area contributed by atoms with Crippen LogP contribution in [0.15, 0.2) is 42.5 Å². The van der Waals surface area contributed by atoms with E-state index < -0.39 is 5.97 Å². The minimum absolute atomic E-state index is 0.231. The predicted molar refractivity (Wildman–Crippen MR) is 82.4 cm³/mol. The lowest BCUT2D eigenvalue weighted by molar-refractivity contribution is 0.0697. The molecule has 1 N–H and O–H groups in total. The first-order valence-electron chi connectivity index (χ1n) is 6.59. The SMILES string of the molecule is CC(C)Cc1ccc(-c2ccc(Cl)cc2C(=O)O)cc1. The standard InChI is InChI=1S/C17H17ClO2/c1-11(2)9-12-3-5-13(6-4-12)15-8-7-14(18)10-16(15)17(19)20/h3-8,10-11H,9H2,1-2H3,(H,19,20). The van der Waals surface area contributed by atoms with Gasteiger partial charge >= 0.3 is 5.97 Å². The summed E-state index contributed by atoms with van der Waals surface area (Å²) >= 11 is 5.87. The maximum atomic E-state index is 11.3. The van der Waals surface area contributed by atoms with E-state index >= 15 is 0 Å². The summed E-state index contributed by atoms with van der Waals surface area (Å²) in [6, 6.07) is 13.0. The lowest BCUT2D eigenvalue weighted by Gasteiger charge is -2.09. The van der Waals surface area contributed by atoms with Crippen LogP contribution in [0.3, 0.4) is 0 Å². The zero-order valence-corrected chi connectivity index (χ0v) is 12.3. The van der Waals surface area contributed by atoms with Crippen LogP contribution in [0.4, 0.5) is 0 Å². The number of benzene rings is 2. The van der Waals surface area contributed by atoms with Gasteiger partial charge in [-0.1, -0.05) is 55.8 Å². The minimum atomic E-state index is -0.964. The smallest absolute Gasteiger partial charge is 0.336 e. The molecule has 0 saturated carbocycles. The van der Waals surface area contributed by atoms with Crippen molar-refractivity contribution in [2.24, 2.45) is 5.92 Å². The fourth-order valence-electron chi connectivity index (χ4n) is 2.24. The molecule has 0 spiro atoms. The van der Waals surface area contributed by atoms with Crippen molar-refractivity contribution in [2.45, 2.75) is 20.3 Å². The molecule has 3 heteroatoms. The highest BCUT2D eigenvalue weighted by molar-refractivity contribution is 6.31. The van der Waals surface area contributed by atoms with Crippen molar-refractivity contribution < 1.29 is 9.90 Å². The van der Waals surface area contributed by atoms with Gasteiger partial charge in [-0.3, -0.25) is 0 Å². The molecule has 0 atom stereocenters. The molecule has 0 radical (unpaired) electrons. The predicted octanol–water partition coefficient (Wildman–Crippen LogP) is 4.90. The van der Waals surface area contributed by atoms with Crippen molar-refractivity contribution in [3.63, 3.8) is 0 Å². The van der Waals surface area contributed by atoms with Crippen LogP contribution in [0.5, 0.6) is 0 Å². The lowest BCUT2D eigenvalue weighted by atomic mass is 9.96. The van der Waals surface area contributed by atoms with E-state index in [-0.39, 0.29) is 5.56 Å². The molecule has 20 heavy (non-hydrogen) atoms. The number of aromatic carboxylic acids is 1. The van der Waals surface area contributed by atoms with Gasteiger partial charge in [-0.05, 0) is 41.2 Å². The van der Waals surface area contributed by atoms with Crippen LogP contribution < -0.4 is 0 Å². The first-order chi connectivity index (χ1) is 9.47. The maximum absolute atomic E-state index is 11.3. The molecule has 2 aromatic carbocycles. The highest BCUT2D eigenvalue weighted by Gasteiger charge is 2.12. The Morgan fingerprint density at radius 3 is 2.35 bits per heavy atom. The third-order valence-corrected chi connectivity index (χ3v) is 3.36. The van der Waals surface area contributed by atoms with Gasteiger partial charge in [-0.25, -0.2) is 4.79 Å². The zero-order chi connectivity index (χ0) is 14.7. The number of halogens is 1. The van der Waals surface area contributed by atoms with Gasteiger partial charge in [0.15, 0.2) is 0 Å². The van der Waals surface area contributed by atoms with E-state index in [0.29, 0.717) is 16.5 Å². The molecule has 2 aromatic rings. The zero-order valence-electron chi connectivity index (χ0n) is 11.6. The summed E-state index contributed by atoms with van der Waals surface area (Å²) in [5.41, 5.74) is 3.08. The van der Waals surface area contributed by atoms with Crippen LogP contribution >= 0.6 is 11.6 Å². The Labute approximate surface area is 124 Å². The molecule has 0 heterocycles. The quantitative estimate of drug-likeness (QED) is 0.868. The Balaban J connectivity index is 2.39. The summed E-state index contributed by atoms with van der Waals surface area (Å²) < 4.78 is 0. The van der Waals surface area contributed by atoms with Crippen LogP contribution in [0.1, 0.15) is 29.8 Å². The largest absolute Gasteiger partial charge is 0.478 e. The van der Waals surface area contributed by atoms with Crippen molar-refractivity contribution in [1.82, 2.24) is 0 Å². The van der Waals surface area contributed by atoms with Crippen molar-refractivity contribution in [2.75, 3.05) is 0 Å². The van der Waals surface area contributed by atoms with Crippen LogP contribution in [-0.2, 0) is 6.42 Å². The van der Waals surface area contributed by atoms with Crippen LogP contribution in [-0.4, -0.2) is 11.1 Å². The molecule has 0 aromatic heterocycles. The average Bonchev–Trinajstić information content (AvgIpc) is 2.39. The van der Waals surface area contributed by atoms with E-state index in [9.17, 15) is 9.90 Å². The number of carbonyl (C=O) groups is 1. The summed E-state index contributed by atoms with van der Waals surface area (Å²) in [4.78, 5) is 11.3. The van der Waals surface area contributed by atoms with Gasteiger partial charge in [0.05, 0.1) is 5.56 Å². The van der Waals surface area contributed by atoms with Gasteiger partial charge in [0, 0.05) is 5.02 Å².